The van der Waals surface area contributed by atoms with Gasteiger partial charge in [0.25, 0.3) is 11.8 Å². The quantitative estimate of drug-likeness (QED) is 0.191. The van der Waals surface area contributed by atoms with Gasteiger partial charge in [0.2, 0.25) is 5.75 Å². The molecule has 182 valence electrons. The lowest BCUT2D eigenvalue weighted by Gasteiger charge is -2.14. The van der Waals surface area contributed by atoms with Gasteiger partial charge in [-0.3, -0.25) is 9.59 Å². The molecule has 3 aromatic rings. The number of nitrogens with one attached hydrogen (secondary N) is 2. The van der Waals surface area contributed by atoms with E-state index in [9.17, 15) is 14.4 Å². The topological polar surface area (TPSA) is 125 Å². The van der Waals surface area contributed by atoms with Gasteiger partial charge in [-0.1, -0.05) is 6.07 Å². The molecule has 0 fully saturated rings. The standard InChI is InChI=1S/C24H23N3O7S/c1-31-18-11-16(12-19(32-2)22(18)33-3)23(29)25-14-21(28)27-26-13-15-6-8-17(9-7-15)34-24(30)20-5-4-10-35-20/h4-13H,14H2,1-3H3,(H,25,29)(H,27,28)/b26-13+. The van der Waals surface area contributed by atoms with Crippen LogP contribution in [0.1, 0.15) is 25.6 Å². The van der Waals surface area contributed by atoms with E-state index in [4.69, 9.17) is 18.9 Å². The van der Waals surface area contributed by atoms with Gasteiger partial charge in [-0.15, -0.1) is 11.3 Å². The molecule has 0 unspecified atom stereocenters. The van der Waals surface area contributed by atoms with Crippen LogP contribution in [0.15, 0.2) is 59.0 Å². The maximum atomic E-state index is 12.4. The molecule has 1 aromatic heterocycles. The van der Waals surface area contributed by atoms with E-state index >= 15 is 0 Å². The number of esters is 1. The highest BCUT2D eigenvalue weighted by Gasteiger charge is 2.17. The Morgan fingerprint density at radius 1 is 0.971 bits per heavy atom. The maximum Gasteiger partial charge on any atom is 0.353 e. The number of hydrazone groups is 1. The number of rotatable bonds is 10. The largest absolute Gasteiger partial charge is 0.493 e. The third kappa shape index (κ3) is 6.81. The average Bonchev–Trinajstić information content (AvgIpc) is 3.42. The first-order chi connectivity index (χ1) is 16.9. The summed E-state index contributed by atoms with van der Waals surface area (Å²) in [6.45, 7) is -0.301. The van der Waals surface area contributed by atoms with Gasteiger partial charge in [-0.2, -0.15) is 5.10 Å². The second-order valence-corrected chi connectivity index (χ2v) is 7.77. The number of thiophene rings is 1. The fourth-order valence-corrected chi connectivity index (χ4v) is 3.47. The van der Waals surface area contributed by atoms with Crippen molar-refractivity contribution in [1.82, 2.24) is 10.7 Å². The number of carbonyl (C=O) groups excluding carboxylic acids is 3. The smallest absolute Gasteiger partial charge is 0.353 e. The molecule has 0 saturated heterocycles. The highest BCUT2D eigenvalue weighted by atomic mass is 32.1. The number of benzene rings is 2. The molecule has 35 heavy (non-hydrogen) atoms. The predicted molar refractivity (Wildman–Crippen MR) is 130 cm³/mol. The zero-order valence-electron chi connectivity index (χ0n) is 19.2. The van der Waals surface area contributed by atoms with Crippen LogP contribution in [0.2, 0.25) is 0 Å². The van der Waals surface area contributed by atoms with Crippen LogP contribution >= 0.6 is 11.3 Å². The molecule has 0 radical (unpaired) electrons. The molecule has 10 nitrogen and oxygen atoms in total. The molecule has 2 aromatic carbocycles. The monoisotopic (exact) mass is 497 g/mol. The van der Waals surface area contributed by atoms with Crippen molar-refractivity contribution in [3.8, 4) is 23.0 Å². The van der Waals surface area contributed by atoms with Gasteiger partial charge >= 0.3 is 5.97 Å². The van der Waals surface area contributed by atoms with E-state index in [1.165, 1.54) is 51.0 Å². The van der Waals surface area contributed by atoms with E-state index in [1.54, 1.807) is 41.8 Å². The van der Waals surface area contributed by atoms with E-state index in [1.807, 2.05) is 0 Å². The van der Waals surface area contributed by atoms with Crippen LogP contribution in [-0.2, 0) is 4.79 Å². The summed E-state index contributed by atoms with van der Waals surface area (Å²) in [5, 5.41) is 8.16. The number of hydrogen-bond donors (Lipinski definition) is 2. The Balaban J connectivity index is 1.49. The molecule has 0 spiro atoms. The van der Waals surface area contributed by atoms with Crippen LogP contribution in [0.4, 0.5) is 0 Å². The van der Waals surface area contributed by atoms with Gasteiger partial charge in [-0.05, 0) is 53.4 Å². The van der Waals surface area contributed by atoms with Crippen molar-refractivity contribution in [2.75, 3.05) is 27.9 Å². The minimum absolute atomic E-state index is 0.232. The van der Waals surface area contributed by atoms with E-state index in [0.717, 1.165) is 0 Å². The minimum atomic E-state index is -0.525. The van der Waals surface area contributed by atoms with Crippen molar-refractivity contribution in [2.24, 2.45) is 5.10 Å². The molecular weight excluding hydrogens is 474 g/mol. The summed E-state index contributed by atoms with van der Waals surface area (Å²) in [4.78, 5) is 37.0. The molecule has 0 bridgehead atoms. The predicted octanol–water partition coefficient (Wildman–Crippen LogP) is 2.87. The molecule has 2 amide bonds. The first-order valence-electron chi connectivity index (χ1n) is 10.2. The van der Waals surface area contributed by atoms with Crippen LogP contribution in [-0.4, -0.2) is 51.9 Å². The third-order valence-corrected chi connectivity index (χ3v) is 5.40. The average molecular weight is 498 g/mol. The zero-order valence-corrected chi connectivity index (χ0v) is 20.0. The van der Waals surface area contributed by atoms with Crippen LogP contribution < -0.4 is 29.7 Å². The number of ether oxygens (including phenoxy) is 4. The van der Waals surface area contributed by atoms with Gasteiger partial charge in [0.05, 0.1) is 34.1 Å². The van der Waals surface area contributed by atoms with Crippen LogP contribution in [0.5, 0.6) is 23.0 Å². The first-order valence-corrected chi connectivity index (χ1v) is 11.1. The lowest BCUT2D eigenvalue weighted by molar-refractivity contribution is -0.120. The van der Waals surface area contributed by atoms with Gasteiger partial charge in [0.15, 0.2) is 11.5 Å². The molecule has 3 rings (SSSR count). The Bertz CT molecular complexity index is 1180. The van der Waals surface area contributed by atoms with Gasteiger partial charge in [0, 0.05) is 5.56 Å². The van der Waals surface area contributed by atoms with Gasteiger partial charge < -0.3 is 24.3 Å². The lowest BCUT2D eigenvalue weighted by Crippen LogP contribution is -2.34. The summed E-state index contributed by atoms with van der Waals surface area (Å²) < 4.78 is 21.0. The Hall–Kier alpha value is -4.38. The number of carbonyl (C=O) groups is 3. The number of hydrogen-bond acceptors (Lipinski definition) is 9. The molecule has 0 aliphatic rings. The zero-order chi connectivity index (χ0) is 25.2. The Morgan fingerprint density at radius 3 is 2.23 bits per heavy atom. The second-order valence-electron chi connectivity index (χ2n) is 6.83. The highest BCUT2D eigenvalue weighted by Crippen LogP contribution is 2.38. The normalized spacial score (nSPS) is 10.5. The molecule has 0 aliphatic heterocycles. The highest BCUT2D eigenvalue weighted by molar-refractivity contribution is 7.12. The summed E-state index contributed by atoms with van der Waals surface area (Å²) in [7, 11) is 4.34. The van der Waals surface area contributed by atoms with Crippen LogP contribution in [0, 0.1) is 0 Å². The van der Waals surface area contributed by atoms with Crippen molar-refractivity contribution >= 4 is 35.3 Å². The first kappa shape index (κ1) is 25.2. The van der Waals surface area contributed by atoms with E-state index in [0.29, 0.717) is 33.4 Å². The molecular formula is C24H23N3O7S. The molecule has 0 atom stereocenters. The van der Waals surface area contributed by atoms with Crippen molar-refractivity contribution < 1.29 is 33.3 Å². The maximum absolute atomic E-state index is 12.4. The second kappa shape index (κ2) is 12.2. The molecule has 0 saturated carbocycles. The van der Waals surface area contributed by atoms with Crippen LogP contribution in [0.25, 0.3) is 0 Å². The lowest BCUT2D eigenvalue weighted by atomic mass is 10.1. The van der Waals surface area contributed by atoms with Crippen molar-refractivity contribution in [3.05, 3.63) is 69.9 Å². The fraction of sp³-hybridized carbons (Fsp3) is 0.167. The van der Waals surface area contributed by atoms with Crippen LogP contribution in [0.3, 0.4) is 0 Å². The van der Waals surface area contributed by atoms with Crippen molar-refractivity contribution in [2.45, 2.75) is 0 Å². The van der Waals surface area contributed by atoms with E-state index in [2.05, 4.69) is 15.8 Å². The van der Waals surface area contributed by atoms with Gasteiger partial charge in [-0.25, -0.2) is 10.2 Å². The summed E-state index contributed by atoms with van der Waals surface area (Å²) >= 11 is 1.30. The summed E-state index contributed by atoms with van der Waals surface area (Å²) in [6, 6.07) is 13.0. The minimum Gasteiger partial charge on any atom is -0.493 e. The molecule has 2 N–H and O–H groups in total. The molecule has 0 aliphatic carbocycles. The van der Waals surface area contributed by atoms with Gasteiger partial charge in [0.1, 0.15) is 10.6 Å². The third-order valence-electron chi connectivity index (χ3n) is 4.55. The van der Waals surface area contributed by atoms with E-state index in [-0.39, 0.29) is 12.1 Å². The Morgan fingerprint density at radius 2 is 1.66 bits per heavy atom. The molecule has 1 heterocycles. The van der Waals surface area contributed by atoms with E-state index < -0.39 is 17.8 Å². The fourth-order valence-electron chi connectivity index (χ4n) is 2.87. The number of nitrogens with zero attached hydrogens (tertiary/aromatic N) is 1. The number of amides is 2. The number of methoxy groups -OCH3 is 3. The Kier molecular flexibility index (Phi) is 8.79. The summed E-state index contributed by atoms with van der Waals surface area (Å²) in [6.07, 6.45) is 1.42. The Labute approximate surface area is 205 Å². The van der Waals surface area contributed by atoms with Crippen molar-refractivity contribution in [1.29, 1.82) is 0 Å². The molecule has 11 heteroatoms. The van der Waals surface area contributed by atoms with Crippen molar-refractivity contribution in [3.63, 3.8) is 0 Å². The summed E-state index contributed by atoms with van der Waals surface area (Å²) in [5.74, 6) is -0.0787. The SMILES string of the molecule is COc1cc(C(=O)NCC(=O)N/N=C/c2ccc(OC(=O)c3cccs3)cc2)cc(OC)c1OC. The summed E-state index contributed by atoms with van der Waals surface area (Å²) in [5.41, 5.74) is 3.23.